The third-order valence-corrected chi connectivity index (χ3v) is 2.18. The first-order valence-corrected chi connectivity index (χ1v) is 4.63. The van der Waals surface area contributed by atoms with E-state index >= 15 is 0 Å². The normalized spacial score (nSPS) is 9.79. The zero-order valence-corrected chi connectivity index (χ0v) is 7.56. The molecule has 0 fully saturated rings. The average molecular weight is 219 g/mol. The van der Waals surface area contributed by atoms with E-state index in [0.717, 1.165) is 12.1 Å². The fourth-order valence-corrected chi connectivity index (χ4v) is 1.23. The number of hydrogen-bond acceptors (Lipinski definition) is 4. The lowest BCUT2D eigenvalue weighted by Gasteiger charge is -1.95. The Morgan fingerprint density at radius 2 is 1.71 bits per heavy atom. The molecule has 1 rings (SSSR count). The van der Waals surface area contributed by atoms with Crippen LogP contribution in [0.2, 0.25) is 0 Å². The molecule has 0 atom stereocenters. The van der Waals surface area contributed by atoms with Gasteiger partial charge in [0.1, 0.15) is 0 Å². The molecule has 0 unspecified atom stereocenters. The van der Waals surface area contributed by atoms with Crippen molar-refractivity contribution in [2.45, 2.75) is 4.90 Å². The molecule has 0 radical (unpaired) electrons. The van der Waals surface area contributed by atoms with Gasteiger partial charge in [-0.15, -0.1) is 0 Å². The molecule has 0 aliphatic heterocycles. The van der Waals surface area contributed by atoms with E-state index < -0.39 is 10.1 Å². The van der Waals surface area contributed by atoms with E-state index in [2.05, 4.69) is 4.99 Å². The quantitative estimate of drug-likeness (QED) is 0.457. The van der Waals surface area contributed by atoms with Crippen LogP contribution in [-0.4, -0.2) is 19.1 Å². The van der Waals surface area contributed by atoms with Gasteiger partial charge in [-0.2, -0.15) is 13.4 Å². The number of halogens is 1. The van der Waals surface area contributed by atoms with Gasteiger partial charge in [0.05, 0.1) is 10.6 Å². The monoisotopic (exact) mass is 219 g/mol. The summed E-state index contributed by atoms with van der Waals surface area (Å²) in [7, 11) is -4.17. The van der Waals surface area contributed by atoms with Crippen molar-refractivity contribution in [3.05, 3.63) is 24.3 Å². The Morgan fingerprint density at radius 3 is 2.07 bits per heavy atom. The summed E-state index contributed by atoms with van der Waals surface area (Å²) in [5, 5.41) is 0. The van der Waals surface area contributed by atoms with E-state index in [9.17, 15) is 13.2 Å². The SMILES string of the molecule is F.O=C=Nc1ccc(S(=O)(=O)O)cc1. The van der Waals surface area contributed by atoms with Gasteiger partial charge >= 0.3 is 0 Å². The maximum atomic E-state index is 10.5. The van der Waals surface area contributed by atoms with Gasteiger partial charge in [0.25, 0.3) is 10.1 Å². The van der Waals surface area contributed by atoms with Crippen molar-refractivity contribution in [2.75, 3.05) is 0 Å². The van der Waals surface area contributed by atoms with Gasteiger partial charge in [0, 0.05) is 0 Å². The second kappa shape index (κ2) is 4.61. The summed E-state index contributed by atoms with van der Waals surface area (Å²) < 4.78 is 29.7. The van der Waals surface area contributed by atoms with E-state index in [-0.39, 0.29) is 15.3 Å². The van der Waals surface area contributed by atoms with Crippen molar-refractivity contribution in [3.8, 4) is 0 Å². The Kier molecular flexibility index (Phi) is 4.10. The molecule has 0 bridgehead atoms. The Hall–Kier alpha value is -1.56. The fourth-order valence-electron chi connectivity index (χ4n) is 0.745. The van der Waals surface area contributed by atoms with Crippen LogP contribution in [0.15, 0.2) is 34.2 Å². The van der Waals surface area contributed by atoms with Crippen molar-refractivity contribution in [3.63, 3.8) is 0 Å². The molecule has 1 aromatic rings. The predicted octanol–water partition coefficient (Wildman–Crippen LogP) is 1.05. The number of carbonyl (C=O) groups excluding carboxylic acids is 1. The number of hydrogen-bond donors (Lipinski definition) is 1. The Bertz CT molecular complexity index is 447. The Morgan fingerprint density at radius 1 is 1.21 bits per heavy atom. The Balaban J connectivity index is 0.00000169. The lowest BCUT2D eigenvalue weighted by Crippen LogP contribution is -1.96. The Labute approximate surface area is 79.2 Å². The molecule has 0 aromatic heterocycles. The average Bonchev–Trinajstić information content (AvgIpc) is 2.04. The van der Waals surface area contributed by atoms with Gasteiger partial charge in [-0.05, 0) is 24.3 Å². The van der Waals surface area contributed by atoms with Crippen LogP contribution in [0.5, 0.6) is 0 Å². The second-order valence-electron chi connectivity index (χ2n) is 2.17. The van der Waals surface area contributed by atoms with Crippen LogP contribution in [0.4, 0.5) is 10.4 Å². The number of aliphatic imine (C=N–C) groups is 1. The molecule has 0 aliphatic rings. The van der Waals surface area contributed by atoms with Crippen molar-refractivity contribution in [2.24, 2.45) is 4.99 Å². The minimum Gasteiger partial charge on any atom is -0.282 e. The summed E-state index contributed by atoms with van der Waals surface area (Å²) in [5.41, 5.74) is 0.280. The van der Waals surface area contributed by atoms with Gasteiger partial charge < -0.3 is 0 Å². The van der Waals surface area contributed by atoms with E-state index in [1.807, 2.05) is 0 Å². The molecular weight excluding hydrogens is 213 g/mol. The molecule has 0 heterocycles. The maximum Gasteiger partial charge on any atom is 0.294 e. The first kappa shape index (κ1) is 12.4. The topological polar surface area (TPSA) is 83.8 Å². The van der Waals surface area contributed by atoms with Gasteiger partial charge in [0.15, 0.2) is 0 Å². The number of nitrogens with zero attached hydrogens (tertiary/aromatic N) is 1. The molecule has 0 saturated carbocycles. The first-order valence-electron chi connectivity index (χ1n) is 3.19. The van der Waals surface area contributed by atoms with E-state index in [1.165, 1.54) is 18.2 Å². The molecule has 0 spiro atoms. The molecule has 1 aromatic carbocycles. The highest BCUT2D eigenvalue weighted by atomic mass is 32.2. The summed E-state index contributed by atoms with van der Waals surface area (Å²) in [6.07, 6.45) is 1.31. The smallest absolute Gasteiger partial charge is 0.282 e. The van der Waals surface area contributed by atoms with Crippen LogP contribution >= 0.6 is 0 Å². The number of rotatable bonds is 2. The zero-order chi connectivity index (χ0) is 9.90. The van der Waals surface area contributed by atoms with Crippen molar-refractivity contribution >= 4 is 21.9 Å². The minimum atomic E-state index is -4.17. The molecule has 0 amide bonds. The number of isocyanates is 1. The summed E-state index contributed by atoms with van der Waals surface area (Å²) in [6.45, 7) is 0. The summed E-state index contributed by atoms with van der Waals surface area (Å²) in [6, 6.07) is 4.86. The first-order chi connectivity index (χ1) is 6.04. The van der Waals surface area contributed by atoms with E-state index in [4.69, 9.17) is 4.55 Å². The molecule has 0 aliphatic carbocycles. The van der Waals surface area contributed by atoms with Crippen LogP contribution in [-0.2, 0) is 14.9 Å². The molecule has 1 N–H and O–H groups in total. The zero-order valence-electron chi connectivity index (χ0n) is 6.75. The van der Waals surface area contributed by atoms with Crippen molar-refractivity contribution < 1.29 is 22.5 Å². The van der Waals surface area contributed by atoms with Crippen LogP contribution in [0, 0.1) is 0 Å². The lowest BCUT2D eigenvalue weighted by atomic mass is 10.3. The van der Waals surface area contributed by atoms with Crippen LogP contribution in [0.25, 0.3) is 0 Å². The largest absolute Gasteiger partial charge is 0.294 e. The summed E-state index contributed by atoms with van der Waals surface area (Å²) in [4.78, 5) is 12.8. The van der Waals surface area contributed by atoms with Crippen molar-refractivity contribution in [1.82, 2.24) is 0 Å². The highest BCUT2D eigenvalue weighted by Gasteiger charge is 2.07. The van der Waals surface area contributed by atoms with Gasteiger partial charge in [-0.1, -0.05) is 0 Å². The van der Waals surface area contributed by atoms with E-state index in [0.29, 0.717) is 0 Å². The predicted molar refractivity (Wildman–Crippen MR) is 46.5 cm³/mol. The third-order valence-electron chi connectivity index (χ3n) is 1.31. The number of benzene rings is 1. The van der Waals surface area contributed by atoms with Crippen molar-refractivity contribution in [1.29, 1.82) is 0 Å². The summed E-state index contributed by atoms with van der Waals surface area (Å²) in [5.74, 6) is 0. The molecule has 0 saturated heterocycles. The van der Waals surface area contributed by atoms with Crippen LogP contribution < -0.4 is 0 Å². The minimum absolute atomic E-state index is 0. The fraction of sp³-hybridized carbons (Fsp3) is 0. The second-order valence-corrected chi connectivity index (χ2v) is 3.59. The van der Waals surface area contributed by atoms with Gasteiger partial charge in [-0.25, -0.2) is 4.79 Å². The molecule has 14 heavy (non-hydrogen) atoms. The third kappa shape index (κ3) is 3.06. The highest BCUT2D eigenvalue weighted by molar-refractivity contribution is 7.85. The van der Waals surface area contributed by atoms with Gasteiger partial charge in [-0.3, -0.25) is 9.26 Å². The van der Waals surface area contributed by atoms with Gasteiger partial charge in [0.2, 0.25) is 6.08 Å². The standard InChI is InChI=1S/C7H5NO4S.FH/c9-5-8-6-1-3-7(4-2-6)13(10,11)12;/h1-4H,(H,10,11,12);1H. The highest BCUT2D eigenvalue weighted by Crippen LogP contribution is 2.15. The molecule has 7 heteroatoms. The lowest BCUT2D eigenvalue weighted by molar-refractivity contribution is 0.483. The molecule has 5 nitrogen and oxygen atoms in total. The summed E-state index contributed by atoms with van der Waals surface area (Å²) >= 11 is 0. The van der Waals surface area contributed by atoms with E-state index in [1.54, 1.807) is 0 Å². The maximum absolute atomic E-state index is 10.5. The molecular formula is C7H6FNO4S. The van der Waals surface area contributed by atoms with Crippen LogP contribution in [0.1, 0.15) is 0 Å². The molecule has 76 valence electrons. The van der Waals surface area contributed by atoms with Crippen LogP contribution in [0.3, 0.4) is 0 Å².